The van der Waals surface area contributed by atoms with Crippen LogP contribution in [0.1, 0.15) is 6.42 Å². The molecule has 2 aromatic heterocycles. The maximum Gasteiger partial charge on any atom is 0.162 e. The van der Waals surface area contributed by atoms with Crippen LogP contribution in [-0.2, 0) is 0 Å². The van der Waals surface area contributed by atoms with Crippen molar-refractivity contribution in [1.82, 2.24) is 14.9 Å². The van der Waals surface area contributed by atoms with Crippen LogP contribution < -0.4 is 14.8 Å². The second kappa shape index (κ2) is 6.97. The summed E-state index contributed by atoms with van der Waals surface area (Å²) < 4.78 is 10.8. The van der Waals surface area contributed by atoms with Gasteiger partial charge in [-0.15, -0.1) is 0 Å². The summed E-state index contributed by atoms with van der Waals surface area (Å²) in [6.07, 6.45) is 2.88. The summed E-state index contributed by atoms with van der Waals surface area (Å²) in [6, 6.07) is 5.95. The number of pyridine rings is 1. The summed E-state index contributed by atoms with van der Waals surface area (Å²) in [5.74, 6) is 2.32. The molecule has 0 radical (unpaired) electrons. The number of H-pyrrole nitrogens is 1. The van der Waals surface area contributed by atoms with Crippen LogP contribution in [0.3, 0.4) is 0 Å². The van der Waals surface area contributed by atoms with Crippen LogP contribution >= 0.6 is 0 Å². The second-order valence-corrected chi connectivity index (χ2v) is 6.04. The molecule has 0 saturated carbocycles. The van der Waals surface area contributed by atoms with E-state index in [1.807, 2.05) is 24.4 Å². The molecule has 128 valence electrons. The molecule has 0 aliphatic rings. The number of rotatable bonds is 7. The zero-order valence-corrected chi connectivity index (χ0v) is 14.6. The third kappa shape index (κ3) is 3.10. The Morgan fingerprint density at radius 1 is 1.12 bits per heavy atom. The average molecular weight is 328 g/mol. The van der Waals surface area contributed by atoms with E-state index in [0.717, 1.165) is 47.1 Å². The minimum Gasteiger partial charge on any atom is -0.493 e. The summed E-state index contributed by atoms with van der Waals surface area (Å²) >= 11 is 0. The molecule has 0 aliphatic heterocycles. The number of aromatic nitrogens is 2. The zero-order valence-electron chi connectivity index (χ0n) is 14.6. The van der Waals surface area contributed by atoms with E-state index < -0.39 is 0 Å². The SMILES string of the molecule is COc1cc2[nH]c3ccnc(NCCCN(C)C)c3c2cc1OC. The predicted molar refractivity (Wildman–Crippen MR) is 98.4 cm³/mol. The number of nitrogens with one attached hydrogen (secondary N) is 2. The lowest BCUT2D eigenvalue weighted by molar-refractivity contribution is 0.356. The third-order valence-electron chi connectivity index (χ3n) is 4.09. The molecule has 6 nitrogen and oxygen atoms in total. The highest BCUT2D eigenvalue weighted by molar-refractivity contribution is 6.13. The molecule has 3 rings (SSSR count). The number of nitrogens with zero attached hydrogens (tertiary/aromatic N) is 2. The Balaban J connectivity index is 2.01. The van der Waals surface area contributed by atoms with E-state index in [2.05, 4.69) is 34.3 Å². The van der Waals surface area contributed by atoms with Crippen molar-refractivity contribution >= 4 is 27.6 Å². The molecule has 1 aromatic carbocycles. The topological polar surface area (TPSA) is 62.4 Å². The Morgan fingerprint density at radius 2 is 1.88 bits per heavy atom. The molecule has 3 aromatic rings. The smallest absolute Gasteiger partial charge is 0.162 e. The Kier molecular flexibility index (Phi) is 4.76. The van der Waals surface area contributed by atoms with E-state index in [1.165, 1.54) is 0 Å². The number of hydrogen-bond acceptors (Lipinski definition) is 5. The molecule has 0 spiro atoms. The number of anilines is 1. The van der Waals surface area contributed by atoms with Crippen molar-refractivity contribution in [1.29, 1.82) is 0 Å². The maximum atomic E-state index is 5.44. The number of hydrogen-bond donors (Lipinski definition) is 2. The van der Waals surface area contributed by atoms with Crippen LogP contribution in [0.15, 0.2) is 24.4 Å². The molecule has 24 heavy (non-hydrogen) atoms. The zero-order chi connectivity index (χ0) is 17.1. The second-order valence-electron chi connectivity index (χ2n) is 6.04. The normalized spacial score (nSPS) is 11.4. The number of benzene rings is 1. The van der Waals surface area contributed by atoms with E-state index in [4.69, 9.17) is 9.47 Å². The van der Waals surface area contributed by atoms with Crippen molar-refractivity contribution in [2.75, 3.05) is 46.7 Å². The molecule has 6 heteroatoms. The molecule has 0 aliphatic carbocycles. The fourth-order valence-electron chi connectivity index (χ4n) is 2.91. The lowest BCUT2D eigenvalue weighted by Crippen LogP contribution is -2.16. The molecular weight excluding hydrogens is 304 g/mol. The molecule has 0 atom stereocenters. The van der Waals surface area contributed by atoms with Gasteiger partial charge in [0.1, 0.15) is 5.82 Å². The molecule has 0 fully saturated rings. The van der Waals surface area contributed by atoms with Crippen LogP contribution in [0.4, 0.5) is 5.82 Å². The van der Waals surface area contributed by atoms with Crippen molar-refractivity contribution in [2.45, 2.75) is 6.42 Å². The number of fused-ring (bicyclic) bond motifs is 3. The van der Waals surface area contributed by atoms with Crippen molar-refractivity contribution in [3.05, 3.63) is 24.4 Å². The maximum absolute atomic E-state index is 5.44. The molecule has 0 bridgehead atoms. The van der Waals surface area contributed by atoms with Crippen LogP contribution in [0.2, 0.25) is 0 Å². The van der Waals surface area contributed by atoms with Crippen molar-refractivity contribution in [2.24, 2.45) is 0 Å². The first-order valence-corrected chi connectivity index (χ1v) is 8.05. The summed E-state index contributed by atoms with van der Waals surface area (Å²) in [4.78, 5) is 10.1. The lowest BCUT2D eigenvalue weighted by atomic mass is 10.1. The van der Waals surface area contributed by atoms with E-state index in [1.54, 1.807) is 14.2 Å². The van der Waals surface area contributed by atoms with Gasteiger partial charge in [-0.1, -0.05) is 0 Å². The summed E-state index contributed by atoms with van der Waals surface area (Å²) in [6.45, 7) is 1.92. The van der Waals surface area contributed by atoms with Gasteiger partial charge < -0.3 is 24.7 Å². The van der Waals surface area contributed by atoms with Gasteiger partial charge in [0.05, 0.1) is 25.3 Å². The summed E-state index contributed by atoms with van der Waals surface area (Å²) in [5, 5.41) is 5.61. The van der Waals surface area contributed by atoms with Crippen LogP contribution in [0, 0.1) is 0 Å². The summed E-state index contributed by atoms with van der Waals surface area (Å²) in [7, 11) is 7.46. The van der Waals surface area contributed by atoms with Gasteiger partial charge in [-0.3, -0.25) is 0 Å². The van der Waals surface area contributed by atoms with Crippen LogP contribution in [0.5, 0.6) is 11.5 Å². The van der Waals surface area contributed by atoms with Gasteiger partial charge in [-0.25, -0.2) is 4.98 Å². The van der Waals surface area contributed by atoms with Crippen molar-refractivity contribution < 1.29 is 9.47 Å². The largest absolute Gasteiger partial charge is 0.493 e. The van der Waals surface area contributed by atoms with E-state index in [-0.39, 0.29) is 0 Å². The van der Waals surface area contributed by atoms with E-state index in [9.17, 15) is 0 Å². The highest BCUT2D eigenvalue weighted by atomic mass is 16.5. The van der Waals surface area contributed by atoms with Crippen LogP contribution in [-0.4, -0.2) is 56.3 Å². The minimum atomic E-state index is 0.713. The molecule has 0 unspecified atom stereocenters. The van der Waals surface area contributed by atoms with Crippen molar-refractivity contribution in [3.63, 3.8) is 0 Å². The third-order valence-corrected chi connectivity index (χ3v) is 4.09. The van der Waals surface area contributed by atoms with E-state index >= 15 is 0 Å². The first kappa shape index (κ1) is 16.4. The average Bonchev–Trinajstić information content (AvgIpc) is 2.95. The standard InChI is InChI=1S/C18H24N4O2/c1-22(2)9-5-7-19-18-17-12-10-15(23-3)16(24-4)11-14(12)21-13(17)6-8-20-18/h6,8,10-11,21H,5,7,9H2,1-4H3,(H,19,20). The van der Waals surface area contributed by atoms with Gasteiger partial charge in [-0.2, -0.15) is 0 Å². The van der Waals surface area contributed by atoms with Gasteiger partial charge in [0.2, 0.25) is 0 Å². The number of aromatic amines is 1. The fraction of sp³-hybridized carbons (Fsp3) is 0.389. The van der Waals surface area contributed by atoms with Crippen molar-refractivity contribution in [3.8, 4) is 11.5 Å². The number of ether oxygens (including phenoxy) is 2. The van der Waals surface area contributed by atoms with Crippen LogP contribution in [0.25, 0.3) is 21.8 Å². The molecular formula is C18H24N4O2. The Hall–Kier alpha value is -2.47. The quantitative estimate of drug-likeness (QED) is 0.653. The Labute approximate surface area is 141 Å². The van der Waals surface area contributed by atoms with Gasteiger partial charge >= 0.3 is 0 Å². The fourth-order valence-corrected chi connectivity index (χ4v) is 2.91. The summed E-state index contributed by atoms with van der Waals surface area (Å²) in [5.41, 5.74) is 2.05. The Morgan fingerprint density at radius 3 is 2.58 bits per heavy atom. The van der Waals surface area contributed by atoms with Gasteiger partial charge in [0, 0.05) is 29.6 Å². The highest BCUT2D eigenvalue weighted by Crippen LogP contribution is 2.37. The lowest BCUT2D eigenvalue weighted by Gasteiger charge is -2.11. The molecule has 2 heterocycles. The van der Waals surface area contributed by atoms with Gasteiger partial charge in [-0.05, 0) is 39.2 Å². The Bertz CT molecular complexity index is 842. The highest BCUT2D eigenvalue weighted by Gasteiger charge is 2.14. The monoisotopic (exact) mass is 328 g/mol. The van der Waals surface area contributed by atoms with Gasteiger partial charge in [0.25, 0.3) is 0 Å². The minimum absolute atomic E-state index is 0.713. The molecule has 0 amide bonds. The molecule has 0 saturated heterocycles. The first-order valence-electron chi connectivity index (χ1n) is 8.05. The predicted octanol–water partition coefficient (Wildman–Crippen LogP) is 3.10. The molecule has 2 N–H and O–H groups in total. The number of methoxy groups -OCH3 is 2. The van der Waals surface area contributed by atoms with Gasteiger partial charge in [0.15, 0.2) is 11.5 Å². The van der Waals surface area contributed by atoms with E-state index in [0.29, 0.717) is 11.5 Å². The first-order chi connectivity index (χ1) is 11.6.